The van der Waals surface area contributed by atoms with Crippen LogP contribution in [0.1, 0.15) is 0 Å². The fourth-order valence-corrected chi connectivity index (χ4v) is 8.44. The van der Waals surface area contributed by atoms with Gasteiger partial charge >= 0.3 is 0 Å². The van der Waals surface area contributed by atoms with E-state index >= 15 is 0 Å². The Bertz CT molecular complexity index is 3260. The van der Waals surface area contributed by atoms with Crippen molar-refractivity contribution in [1.82, 2.24) is 19.9 Å². The van der Waals surface area contributed by atoms with Crippen molar-refractivity contribution >= 4 is 49.5 Å². The SMILES string of the molecule is c1ccc(-c2cc(-c3cc4ccccc4c4c3c(-c3ccc(N(c5ccccc5)c5ccccc5)cc3)nc3ccccc34)nc(-c3ccc(-c4ccncc4)cc3)n2)cc1. The normalized spacial score (nSPS) is 11.3. The maximum absolute atomic E-state index is 5.50. The van der Waals surface area contributed by atoms with E-state index < -0.39 is 0 Å². The number of rotatable bonds is 8. The number of pyridine rings is 2. The Morgan fingerprint density at radius 1 is 0.344 bits per heavy atom. The van der Waals surface area contributed by atoms with Gasteiger partial charge in [-0.25, -0.2) is 15.0 Å². The predicted molar refractivity (Wildman–Crippen MR) is 252 cm³/mol. The van der Waals surface area contributed by atoms with Crippen molar-refractivity contribution < 1.29 is 0 Å². The summed E-state index contributed by atoms with van der Waals surface area (Å²) < 4.78 is 0. The van der Waals surface area contributed by atoms with Crippen LogP contribution in [0.4, 0.5) is 17.1 Å². The summed E-state index contributed by atoms with van der Waals surface area (Å²) in [7, 11) is 0. The van der Waals surface area contributed by atoms with Crippen LogP contribution in [0.25, 0.3) is 88.7 Å². The van der Waals surface area contributed by atoms with E-state index in [0.717, 1.165) is 94.6 Å². The molecule has 0 amide bonds. The summed E-state index contributed by atoms with van der Waals surface area (Å²) in [5.74, 6) is 0.653. The van der Waals surface area contributed by atoms with E-state index in [1.807, 2.05) is 30.6 Å². The van der Waals surface area contributed by atoms with Crippen LogP contribution in [0.15, 0.2) is 225 Å². The Morgan fingerprint density at radius 2 is 0.885 bits per heavy atom. The second-order valence-corrected chi connectivity index (χ2v) is 15.1. The number of nitrogens with zero attached hydrogens (tertiary/aromatic N) is 5. The smallest absolute Gasteiger partial charge is 0.160 e. The molecule has 286 valence electrons. The van der Waals surface area contributed by atoms with Gasteiger partial charge in [-0.15, -0.1) is 0 Å². The van der Waals surface area contributed by atoms with E-state index in [1.54, 1.807) is 0 Å². The summed E-state index contributed by atoms with van der Waals surface area (Å²) in [5.41, 5.74) is 12.9. The topological polar surface area (TPSA) is 54.8 Å². The third kappa shape index (κ3) is 6.74. The van der Waals surface area contributed by atoms with E-state index in [9.17, 15) is 0 Å². The van der Waals surface area contributed by atoms with E-state index in [2.05, 4.69) is 204 Å². The second kappa shape index (κ2) is 15.5. The van der Waals surface area contributed by atoms with Crippen LogP contribution in [0.5, 0.6) is 0 Å². The highest BCUT2D eigenvalue weighted by atomic mass is 15.1. The standard InChI is InChI=1S/C56H37N5/c1-4-14-40(15-5-1)51-37-52(60-56(59-51)42-26-24-38(25-27-42)39-32-34-57-35-33-39)49-36-43-16-10-11-21-47(43)53-48-22-12-13-23-50(48)58-55(54(49)53)41-28-30-46(31-29-41)61(44-17-6-2-7-18-44)45-19-8-3-9-20-45/h1-37H. The molecule has 3 aromatic heterocycles. The molecule has 0 aliphatic heterocycles. The minimum atomic E-state index is 0.653. The van der Waals surface area contributed by atoms with Gasteiger partial charge in [-0.2, -0.15) is 0 Å². The lowest BCUT2D eigenvalue weighted by Gasteiger charge is -2.25. The van der Waals surface area contributed by atoms with Crippen LogP contribution < -0.4 is 4.90 Å². The molecule has 0 atom stereocenters. The van der Waals surface area contributed by atoms with Gasteiger partial charge in [-0.1, -0.05) is 146 Å². The minimum Gasteiger partial charge on any atom is -0.311 e. The Hall–Kier alpha value is -8.28. The Balaban J connectivity index is 1.15. The summed E-state index contributed by atoms with van der Waals surface area (Å²) in [6.45, 7) is 0. The first-order valence-corrected chi connectivity index (χ1v) is 20.5. The lowest BCUT2D eigenvalue weighted by atomic mass is 9.90. The molecule has 61 heavy (non-hydrogen) atoms. The molecule has 0 unspecified atom stereocenters. The summed E-state index contributed by atoms with van der Waals surface area (Å²) in [6.07, 6.45) is 3.64. The average Bonchev–Trinajstić information content (AvgIpc) is 3.35. The molecule has 11 rings (SSSR count). The van der Waals surface area contributed by atoms with Gasteiger partial charge in [-0.3, -0.25) is 4.98 Å². The molecular weight excluding hydrogens is 743 g/mol. The Labute approximate surface area is 354 Å². The first-order chi connectivity index (χ1) is 30.2. The van der Waals surface area contributed by atoms with Gasteiger partial charge in [0.2, 0.25) is 0 Å². The number of para-hydroxylation sites is 3. The minimum absolute atomic E-state index is 0.653. The molecule has 0 saturated heterocycles. The van der Waals surface area contributed by atoms with Gasteiger partial charge in [0.25, 0.3) is 0 Å². The van der Waals surface area contributed by atoms with Gasteiger partial charge in [0.1, 0.15) is 0 Å². The summed E-state index contributed by atoms with van der Waals surface area (Å²) in [4.78, 5) is 22.6. The average molecular weight is 780 g/mol. The van der Waals surface area contributed by atoms with Crippen LogP contribution in [0.2, 0.25) is 0 Å². The van der Waals surface area contributed by atoms with Crippen molar-refractivity contribution in [3.63, 3.8) is 0 Å². The molecule has 11 aromatic rings. The molecule has 0 bridgehead atoms. The molecule has 0 aliphatic rings. The number of aromatic nitrogens is 4. The molecule has 0 saturated carbocycles. The highest BCUT2D eigenvalue weighted by Crippen LogP contribution is 2.44. The van der Waals surface area contributed by atoms with Crippen molar-refractivity contribution in [3.8, 4) is 56.3 Å². The molecule has 0 radical (unpaired) electrons. The van der Waals surface area contributed by atoms with Gasteiger partial charge < -0.3 is 4.90 Å². The first kappa shape index (κ1) is 35.8. The zero-order chi connectivity index (χ0) is 40.5. The molecule has 3 heterocycles. The van der Waals surface area contributed by atoms with E-state index in [0.29, 0.717) is 5.82 Å². The van der Waals surface area contributed by atoms with Crippen LogP contribution in [0, 0.1) is 0 Å². The van der Waals surface area contributed by atoms with Crippen molar-refractivity contribution in [2.24, 2.45) is 0 Å². The van der Waals surface area contributed by atoms with Crippen molar-refractivity contribution in [2.45, 2.75) is 0 Å². The van der Waals surface area contributed by atoms with Gasteiger partial charge in [0.15, 0.2) is 5.82 Å². The van der Waals surface area contributed by atoms with E-state index in [4.69, 9.17) is 15.0 Å². The first-order valence-electron chi connectivity index (χ1n) is 20.5. The maximum Gasteiger partial charge on any atom is 0.160 e. The molecule has 5 heteroatoms. The lowest BCUT2D eigenvalue weighted by Crippen LogP contribution is -2.09. The van der Waals surface area contributed by atoms with Crippen LogP contribution in [-0.4, -0.2) is 19.9 Å². The maximum atomic E-state index is 5.50. The van der Waals surface area contributed by atoms with Crippen molar-refractivity contribution in [1.29, 1.82) is 0 Å². The quantitative estimate of drug-likeness (QED) is 0.144. The van der Waals surface area contributed by atoms with Gasteiger partial charge in [0, 0.05) is 67.9 Å². The summed E-state index contributed by atoms with van der Waals surface area (Å²) >= 11 is 0. The molecule has 0 fully saturated rings. The zero-order valence-corrected chi connectivity index (χ0v) is 33.1. The fraction of sp³-hybridized carbons (Fsp3) is 0. The highest BCUT2D eigenvalue weighted by molar-refractivity contribution is 6.26. The molecule has 8 aromatic carbocycles. The molecule has 0 N–H and O–H groups in total. The molecule has 0 aliphatic carbocycles. The lowest BCUT2D eigenvalue weighted by molar-refractivity contribution is 1.18. The largest absolute Gasteiger partial charge is 0.311 e. The number of benzene rings is 8. The third-order valence-electron chi connectivity index (χ3n) is 11.3. The highest BCUT2D eigenvalue weighted by Gasteiger charge is 2.21. The molecule has 5 nitrogen and oxygen atoms in total. The van der Waals surface area contributed by atoms with Crippen LogP contribution in [-0.2, 0) is 0 Å². The monoisotopic (exact) mass is 779 g/mol. The molecule has 0 spiro atoms. The van der Waals surface area contributed by atoms with E-state index in [1.165, 1.54) is 5.39 Å². The van der Waals surface area contributed by atoms with E-state index in [-0.39, 0.29) is 0 Å². The van der Waals surface area contributed by atoms with Gasteiger partial charge in [0.05, 0.1) is 22.6 Å². The molecular formula is C56H37N5. The summed E-state index contributed by atoms with van der Waals surface area (Å²) in [5, 5.41) is 5.59. The van der Waals surface area contributed by atoms with Crippen molar-refractivity contribution in [3.05, 3.63) is 225 Å². The second-order valence-electron chi connectivity index (χ2n) is 15.1. The fourth-order valence-electron chi connectivity index (χ4n) is 8.44. The predicted octanol–water partition coefficient (Wildman–Crippen LogP) is 14.5. The number of anilines is 3. The number of fused-ring (bicyclic) bond motifs is 5. The Kier molecular flexibility index (Phi) is 9.10. The summed E-state index contributed by atoms with van der Waals surface area (Å²) in [6, 6.07) is 74.2. The van der Waals surface area contributed by atoms with Crippen LogP contribution in [0.3, 0.4) is 0 Å². The van der Waals surface area contributed by atoms with Gasteiger partial charge in [-0.05, 0) is 88.6 Å². The Morgan fingerprint density at radius 3 is 1.59 bits per heavy atom. The third-order valence-corrected chi connectivity index (χ3v) is 11.3. The number of hydrogen-bond donors (Lipinski definition) is 0. The van der Waals surface area contributed by atoms with Crippen LogP contribution >= 0.6 is 0 Å². The van der Waals surface area contributed by atoms with Crippen molar-refractivity contribution in [2.75, 3.05) is 4.90 Å². The number of hydrogen-bond acceptors (Lipinski definition) is 5. The zero-order valence-electron chi connectivity index (χ0n) is 33.1.